The first-order valence-electron chi connectivity index (χ1n) is 14.5. The molecule has 0 atom stereocenters. The van der Waals surface area contributed by atoms with Crippen molar-refractivity contribution >= 4 is 19.5 Å². The first-order valence-corrected chi connectivity index (χ1v) is 16.3. The fourth-order valence-electron chi connectivity index (χ4n) is 4.97. The van der Waals surface area contributed by atoms with Crippen LogP contribution in [0.3, 0.4) is 0 Å². The summed E-state index contributed by atoms with van der Waals surface area (Å²) < 4.78 is 40.4. The molecule has 0 fully saturated rings. The van der Waals surface area contributed by atoms with Crippen LogP contribution in [0.2, 0.25) is 0 Å². The number of fused-ring (bicyclic) bond motifs is 1. The van der Waals surface area contributed by atoms with Gasteiger partial charge in [-0.2, -0.15) is 0 Å². The van der Waals surface area contributed by atoms with Crippen molar-refractivity contribution in [1.29, 1.82) is 0 Å². The van der Waals surface area contributed by atoms with Gasteiger partial charge in [-0.1, -0.05) is 19.9 Å². The second-order valence-electron chi connectivity index (χ2n) is 13.9. The summed E-state index contributed by atoms with van der Waals surface area (Å²) in [7, 11) is -4.03. The zero-order chi connectivity index (χ0) is 32.4. The Labute approximate surface area is 255 Å². The molecule has 9 nitrogen and oxygen atoms in total. The van der Waals surface area contributed by atoms with Crippen molar-refractivity contribution in [3.63, 3.8) is 0 Å². The monoisotopic (exact) mass is 618 g/mol. The van der Waals surface area contributed by atoms with Crippen LogP contribution in [0, 0.1) is 24.7 Å². The summed E-state index contributed by atoms with van der Waals surface area (Å²) in [4.78, 5) is 24.3. The van der Waals surface area contributed by atoms with Gasteiger partial charge in [-0.15, -0.1) is 0 Å². The molecule has 1 N–H and O–H groups in total. The second kappa shape index (κ2) is 13.0. The highest BCUT2D eigenvalue weighted by molar-refractivity contribution is 7.53. The molecule has 1 aliphatic rings. The molecule has 0 aliphatic heterocycles. The maximum Gasteiger partial charge on any atom is 0.373 e. The Kier molecular flexibility index (Phi) is 10.5. The fraction of sp³-hybridized carbons (Fsp3) is 0.576. The van der Waals surface area contributed by atoms with Crippen molar-refractivity contribution in [2.24, 2.45) is 10.8 Å². The number of carbonyl (C=O) groups excluding carboxylic acids is 2. The lowest BCUT2D eigenvalue weighted by molar-refractivity contribution is -0.162. The normalized spacial score (nSPS) is 14.7. The van der Waals surface area contributed by atoms with E-state index in [0.717, 1.165) is 35.1 Å². The van der Waals surface area contributed by atoms with E-state index in [0.29, 0.717) is 17.9 Å². The highest BCUT2D eigenvalue weighted by Gasteiger charge is 2.34. The van der Waals surface area contributed by atoms with E-state index in [4.69, 9.17) is 23.3 Å². The van der Waals surface area contributed by atoms with Crippen LogP contribution in [-0.4, -0.2) is 37.0 Å². The molecule has 2 aromatic carbocycles. The molecule has 0 heterocycles. The second-order valence-corrected chi connectivity index (χ2v) is 15.9. The van der Waals surface area contributed by atoms with Crippen molar-refractivity contribution in [3.8, 4) is 11.5 Å². The summed E-state index contributed by atoms with van der Waals surface area (Å²) in [5, 5.41) is 10.6. The standard InChI is InChI=1S/C33H47O9P/c1-21-15-24(16-22(2)26(21)17-23-11-12-27(34)28-25(23)13-14-33(28,9)10)40-20-43(37,41-18-38-29(35)31(3,4)5)42-19-39-30(36)32(6,7)8/h11-12,15-16,34H,13-14,17-20H2,1-10H3. The largest absolute Gasteiger partial charge is 0.508 e. The van der Waals surface area contributed by atoms with Crippen LogP contribution in [0.25, 0.3) is 0 Å². The van der Waals surface area contributed by atoms with E-state index in [2.05, 4.69) is 13.8 Å². The van der Waals surface area contributed by atoms with Crippen LogP contribution in [0.15, 0.2) is 24.3 Å². The van der Waals surface area contributed by atoms with Crippen molar-refractivity contribution < 1.29 is 42.5 Å². The van der Waals surface area contributed by atoms with Gasteiger partial charge in [-0.3, -0.25) is 23.2 Å². The van der Waals surface area contributed by atoms with Crippen molar-refractivity contribution in [3.05, 3.63) is 57.6 Å². The molecule has 0 saturated heterocycles. The molecule has 0 aromatic heterocycles. The molecular weight excluding hydrogens is 571 g/mol. The Balaban J connectivity index is 1.75. The maximum atomic E-state index is 13.5. The zero-order valence-electron chi connectivity index (χ0n) is 27.2. The Hall–Kier alpha value is -2.87. The van der Waals surface area contributed by atoms with Gasteiger partial charge >= 0.3 is 19.5 Å². The molecule has 0 spiro atoms. The molecule has 3 rings (SSSR count). The van der Waals surface area contributed by atoms with E-state index in [1.165, 1.54) is 11.1 Å². The zero-order valence-corrected chi connectivity index (χ0v) is 28.1. The molecule has 0 bridgehead atoms. The minimum Gasteiger partial charge on any atom is -0.508 e. The molecule has 2 aromatic rings. The third-order valence-electron chi connectivity index (χ3n) is 7.59. The summed E-state index contributed by atoms with van der Waals surface area (Å²) in [5.74, 6) is -0.261. The number of aryl methyl sites for hydroxylation is 2. The van der Waals surface area contributed by atoms with Crippen LogP contribution < -0.4 is 4.74 Å². The molecule has 1 aliphatic carbocycles. The van der Waals surface area contributed by atoms with Gasteiger partial charge in [0.05, 0.1) is 10.8 Å². The van der Waals surface area contributed by atoms with Gasteiger partial charge in [0.15, 0.2) is 6.35 Å². The lowest BCUT2D eigenvalue weighted by Crippen LogP contribution is -2.25. The Bertz CT molecular complexity index is 1340. The number of aromatic hydroxyl groups is 1. The van der Waals surface area contributed by atoms with Gasteiger partial charge in [0.25, 0.3) is 0 Å². The number of hydrogen-bond donors (Lipinski definition) is 1. The number of benzene rings is 2. The van der Waals surface area contributed by atoms with Crippen molar-refractivity contribution in [2.75, 3.05) is 19.9 Å². The lowest BCUT2D eigenvalue weighted by atomic mass is 9.84. The van der Waals surface area contributed by atoms with Crippen molar-refractivity contribution in [1.82, 2.24) is 0 Å². The third kappa shape index (κ3) is 8.84. The smallest absolute Gasteiger partial charge is 0.373 e. The van der Waals surface area contributed by atoms with Crippen LogP contribution in [-0.2, 0) is 50.9 Å². The number of carbonyl (C=O) groups is 2. The van der Waals surface area contributed by atoms with Crippen LogP contribution in [0.1, 0.15) is 95.2 Å². The number of esters is 2. The summed E-state index contributed by atoms with van der Waals surface area (Å²) in [6.07, 6.45) is 2.13. The molecule has 0 radical (unpaired) electrons. The predicted octanol–water partition coefficient (Wildman–Crippen LogP) is 7.48. The molecule has 43 heavy (non-hydrogen) atoms. The predicted molar refractivity (Wildman–Crippen MR) is 164 cm³/mol. The summed E-state index contributed by atoms with van der Waals surface area (Å²) in [5.41, 5.74) is 4.96. The Morgan fingerprint density at radius 1 is 0.907 bits per heavy atom. The average molecular weight is 619 g/mol. The van der Waals surface area contributed by atoms with E-state index in [1.54, 1.807) is 47.6 Å². The van der Waals surface area contributed by atoms with Gasteiger partial charge in [0, 0.05) is 5.56 Å². The van der Waals surface area contributed by atoms with Crippen LogP contribution in [0.5, 0.6) is 11.5 Å². The number of rotatable bonds is 11. The van der Waals surface area contributed by atoms with Crippen LogP contribution in [0.4, 0.5) is 0 Å². The minimum absolute atomic E-state index is 0.0640. The molecule has 0 amide bonds. The van der Waals surface area contributed by atoms with Crippen molar-refractivity contribution in [2.45, 2.75) is 93.9 Å². The number of hydrogen-bond acceptors (Lipinski definition) is 9. The van der Waals surface area contributed by atoms with Gasteiger partial charge < -0.3 is 19.3 Å². The van der Waals surface area contributed by atoms with E-state index in [-0.39, 0.29) is 5.41 Å². The fourth-order valence-corrected chi connectivity index (χ4v) is 5.93. The lowest BCUT2D eigenvalue weighted by Gasteiger charge is -2.22. The number of ether oxygens (including phenoxy) is 3. The molecule has 0 unspecified atom stereocenters. The third-order valence-corrected chi connectivity index (χ3v) is 9.04. The van der Waals surface area contributed by atoms with Gasteiger partial charge in [-0.05, 0) is 126 Å². The molecule has 238 valence electrons. The summed E-state index contributed by atoms with van der Waals surface area (Å²) >= 11 is 0. The summed E-state index contributed by atoms with van der Waals surface area (Å²) in [6, 6.07) is 7.51. The first kappa shape index (κ1) is 34.6. The van der Waals surface area contributed by atoms with Gasteiger partial charge in [0.2, 0.25) is 13.6 Å². The van der Waals surface area contributed by atoms with Gasteiger partial charge in [0.1, 0.15) is 11.5 Å². The van der Waals surface area contributed by atoms with Crippen LogP contribution >= 0.6 is 7.60 Å². The van der Waals surface area contributed by atoms with E-state index in [9.17, 15) is 19.3 Å². The average Bonchev–Trinajstić information content (AvgIpc) is 3.21. The van der Waals surface area contributed by atoms with E-state index < -0.39 is 50.3 Å². The Morgan fingerprint density at radius 3 is 1.91 bits per heavy atom. The summed E-state index contributed by atoms with van der Waals surface area (Å²) in [6.45, 7) is 17.2. The topological polar surface area (TPSA) is 118 Å². The number of phenols is 1. The molecule has 10 heteroatoms. The van der Waals surface area contributed by atoms with E-state index >= 15 is 0 Å². The number of phenolic OH excluding ortho intramolecular Hbond substituents is 1. The van der Waals surface area contributed by atoms with E-state index in [1.807, 2.05) is 32.0 Å². The van der Waals surface area contributed by atoms with Gasteiger partial charge in [-0.25, -0.2) is 0 Å². The molecular formula is C33H47O9P. The first-order chi connectivity index (χ1) is 19.7. The maximum absolute atomic E-state index is 13.5. The quantitative estimate of drug-likeness (QED) is 0.155. The highest BCUT2D eigenvalue weighted by atomic mass is 31.2. The minimum atomic E-state index is -4.03. The Morgan fingerprint density at radius 2 is 1.42 bits per heavy atom. The SMILES string of the molecule is Cc1cc(OCP(=O)(OCOC(=O)C(C)(C)C)OCOC(=O)C(C)(C)C)cc(C)c1Cc1ccc(O)c2c1CCC2(C)C. The molecule has 0 saturated carbocycles. The highest BCUT2D eigenvalue weighted by Crippen LogP contribution is 2.49.